The number of amides is 2. The predicted molar refractivity (Wildman–Crippen MR) is 132 cm³/mol. The summed E-state index contributed by atoms with van der Waals surface area (Å²) < 4.78 is 39.5. The summed E-state index contributed by atoms with van der Waals surface area (Å²) in [5, 5.41) is 2.74. The lowest BCUT2D eigenvalue weighted by molar-refractivity contribution is -0.123. The van der Waals surface area contributed by atoms with E-state index >= 15 is 0 Å². The first-order valence-electron chi connectivity index (χ1n) is 11.7. The molecule has 9 nitrogen and oxygen atoms in total. The SMILES string of the molecule is CCN(C(=O)C1CCCN(S(=O)(=O)c2cc3c(cc2C)NC(=O)C(C)O3)C1)c1ccc(OC)cc1. The van der Waals surface area contributed by atoms with Crippen LogP contribution < -0.4 is 19.7 Å². The molecule has 4 rings (SSSR count). The molecule has 0 aromatic heterocycles. The van der Waals surface area contributed by atoms with E-state index in [1.54, 1.807) is 44.1 Å². The van der Waals surface area contributed by atoms with Crippen LogP contribution in [0.3, 0.4) is 0 Å². The van der Waals surface area contributed by atoms with Crippen molar-refractivity contribution in [1.82, 2.24) is 4.31 Å². The van der Waals surface area contributed by atoms with Gasteiger partial charge in [0.15, 0.2) is 6.10 Å². The highest BCUT2D eigenvalue weighted by molar-refractivity contribution is 7.89. The third kappa shape index (κ3) is 4.85. The number of ether oxygens (including phenoxy) is 2. The van der Waals surface area contributed by atoms with Crippen molar-refractivity contribution < 1.29 is 27.5 Å². The number of aryl methyl sites for hydroxylation is 1. The topological polar surface area (TPSA) is 105 Å². The van der Waals surface area contributed by atoms with Gasteiger partial charge in [0, 0.05) is 31.4 Å². The number of sulfonamides is 1. The standard InChI is InChI=1S/C25H31N3O6S/c1-5-28(19-8-10-20(33-4)11-9-19)25(30)18-7-6-12-27(15-18)35(31,32)23-14-22-21(13-16(23)2)26-24(29)17(3)34-22/h8-11,13-14,17-18H,5-7,12,15H2,1-4H3,(H,26,29). The summed E-state index contributed by atoms with van der Waals surface area (Å²) in [4.78, 5) is 27.1. The van der Waals surface area contributed by atoms with Gasteiger partial charge in [0.2, 0.25) is 15.9 Å². The van der Waals surface area contributed by atoms with Gasteiger partial charge in [-0.15, -0.1) is 0 Å². The van der Waals surface area contributed by atoms with Crippen molar-refractivity contribution in [2.24, 2.45) is 5.92 Å². The maximum absolute atomic E-state index is 13.6. The molecule has 1 fully saturated rings. The number of fused-ring (bicyclic) bond motifs is 1. The van der Waals surface area contributed by atoms with Crippen molar-refractivity contribution in [3.63, 3.8) is 0 Å². The highest BCUT2D eigenvalue weighted by Crippen LogP contribution is 2.36. The third-order valence-corrected chi connectivity index (χ3v) is 8.53. The molecular weight excluding hydrogens is 470 g/mol. The van der Waals surface area contributed by atoms with Gasteiger partial charge in [-0.25, -0.2) is 8.42 Å². The number of hydrogen-bond donors (Lipinski definition) is 1. The van der Waals surface area contributed by atoms with Crippen molar-refractivity contribution in [1.29, 1.82) is 0 Å². The molecule has 1 N–H and O–H groups in total. The highest BCUT2D eigenvalue weighted by atomic mass is 32.2. The van der Waals surface area contributed by atoms with Gasteiger partial charge in [-0.2, -0.15) is 4.31 Å². The average molecular weight is 502 g/mol. The van der Waals surface area contributed by atoms with Crippen LogP contribution in [-0.4, -0.2) is 57.4 Å². The van der Waals surface area contributed by atoms with E-state index in [1.807, 2.05) is 19.1 Å². The van der Waals surface area contributed by atoms with Crippen LogP contribution in [0.1, 0.15) is 32.3 Å². The Morgan fingerprint density at radius 3 is 2.63 bits per heavy atom. The largest absolute Gasteiger partial charge is 0.497 e. The van der Waals surface area contributed by atoms with E-state index in [4.69, 9.17) is 9.47 Å². The van der Waals surface area contributed by atoms with Crippen molar-refractivity contribution in [3.8, 4) is 11.5 Å². The van der Waals surface area contributed by atoms with Crippen LogP contribution in [0.2, 0.25) is 0 Å². The molecule has 0 spiro atoms. The Labute approximate surface area is 206 Å². The fourth-order valence-corrected chi connectivity index (χ4v) is 6.32. The van der Waals surface area contributed by atoms with Gasteiger partial charge in [-0.1, -0.05) is 0 Å². The second-order valence-electron chi connectivity index (χ2n) is 8.85. The van der Waals surface area contributed by atoms with Gasteiger partial charge in [0.05, 0.1) is 23.6 Å². The van der Waals surface area contributed by atoms with Crippen molar-refractivity contribution in [2.75, 3.05) is 37.0 Å². The van der Waals surface area contributed by atoms with E-state index in [2.05, 4.69) is 5.32 Å². The van der Waals surface area contributed by atoms with Crippen LogP contribution in [0.25, 0.3) is 0 Å². The van der Waals surface area contributed by atoms with Gasteiger partial charge in [0.1, 0.15) is 11.5 Å². The van der Waals surface area contributed by atoms with Crippen molar-refractivity contribution in [2.45, 2.75) is 44.6 Å². The third-order valence-electron chi connectivity index (χ3n) is 6.53. The lowest BCUT2D eigenvalue weighted by atomic mass is 9.97. The Kier molecular flexibility index (Phi) is 7.05. The Balaban J connectivity index is 1.56. The van der Waals surface area contributed by atoms with Crippen LogP contribution in [0.4, 0.5) is 11.4 Å². The smallest absolute Gasteiger partial charge is 0.265 e. The average Bonchev–Trinajstić information content (AvgIpc) is 2.85. The molecule has 0 bridgehead atoms. The van der Waals surface area contributed by atoms with Crippen LogP contribution in [0.15, 0.2) is 41.3 Å². The van der Waals surface area contributed by atoms with Crippen molar-refractivity contribution in [3.05, 3.63) is 42.0 Å². The summed E-state index contributed by atoms with van der Waals surface area (Å²) in [6, 6.07) is 10.3. The van der Waals surface area contributed by atoms with E-state index in [1.165, 1.54) is 10.4 Å². The Morgan fingerprint density at radius 1 is 1.26 bits per heavy atom. The molecule has 0 saturated carbocycles. The first kappa shape index (κ1) is 25.0. The Morgan fingerprint density at radius 2 is 1.97 bits per heavy atom. The number of methoxy groups -OCH3 is 1. The number of anilines is 2. The highest BCUT2D eigenvalue weighted by Gasteiger charge is 2.37. The predicted octanol–water partition coefficient (Wildman–Crippen LogP) is 3.18. The normalized spacial score (nSPS) is 20.4. The first-order chi connectivity index (χ1) is 16.6. The minimum Gasteiger partial charge on any atom is -0.497 e. The fraction of sp³-hybridized carbons (Fsp3) is 0.440. The van der Waals surface area contributed by atoms with Gasteiger partial charge in [-0.05, 0) is 69.5 Å². The molecule has 2 aliphatic rings. The lowest BCUT2D eigenvalue weighted by Crippen LogP contribution is -2.47. The molecule has 2 aromatic rings. The van der Waals surface area contributed by atoms with Crippen molar-refractivity contribution >= 4 is 33.2 Å². The molecule has 188 valence electrons. The number of nitrogens with zero attached hydrogens (tertiary/aromatic N) is 2. The number of carbonyl (C=O) groups is 2. The zero-order valence-corrected chi connectivity index (χ0v) is 21.2. The minimum absolute atomic E-state index is 0.0976. The Bertz CT molecular complexity index is 1230. The molecule has 2 unspecified atom stereocenters. The molecule has 2 amide bonds. The van der Waals surface area contributed by atoms with Gasteiger partial charge >= 0.3 is 0 Å². The number of rotatable bonds is 6. The number of benzene rings is 2. The monoisotopic (exact) mass is 501 g/mol. The molecule has 2 heterocycles. The number of hydrogen-bond acceptors (Lipinski definition) is 6. The van der Waals surface area contributed by atoms with E-state index in [9.17, 15) is 18.0 Å². The summed E-state index contributed by atoms with van der Waals surface area (Å²) in [5.74, 6) is 0.198. The van der Waals surface area contributed by atoms with Gasteiger partial charge in [-0.3, -0.25) is 9.59 Å². The molecule has 1 saturated heterocycles. The second kappa shape index (κ2) is 9.87. The maximum Gasteiger partial charge on any atom is 0.265 e. The number of nitrogens with one attached hydrogen (secondary N) is 1. The van der Waals surface area contributed by atoms with Crippen LogP contribution >= 0.6 is 0 Å². The van der Waals surface area contributed by atoms with Gasteiger partial charge in [0.25, 0.3) is 5.91 Å². The van der Waals surface area contributed by atoms with E-state index in [0.717, 1.165) is 5.69 Å². The molecule has 10 heteroatoms. The minimum atomic E-state index is -3.88. The first-order valence-corrected chi connectivity index (χ1v) is 13.2. The second-order valence-corrected chi connectivity index (χ2v) is 10.8. The van der Waals surface area contributed by atoms with Crippen LogP contribution in [0.5, 0.6) is 11.5 Å². The molecular formula is C25H31N3O6S. The zero-order valence-electron chi connectivity index (χ0n) is 20.4. The summed E-state index contributed by atoms with van der Waals surface area (Å²) in [6.45, 7) is 6.11. The molecule has 35 heavy (non-hydrogen) atoms. The van der Waals surface area contributed by atoms with Gasteiger partial charge < -0.3 is 19.7 Å². The zero-order chi connectivity index (χ0) is 25.3. The van der Waals surface area contributed by atoms with E-state index < -0.39 is 22.0 Å². The van der Waals surface area contributed by atoms with E-state index in [-0.39, 0.29) is 23.3 Å². The summed E-state index contributed by atoms with van der Waals surface area (Å²) in [6.07, 6.45) is 0.493. The molecule has 2 aliphatic heterocycles. The summed E-state index contributed by atoms with van der Waals surface area (Å²) in [5.41, 5.74) is 1.70. The quantitative estimate of drug-likeness (QED) is 0.652. The number of carbonyl (C=O) groups excluding carboxylic acids is 2. The molecule has 2 aromatic carbocycles. The van der Waals surface area contributed by atoms with Crippen LogP contribution in [-0.2, 0) is 19.6 Å². The molecule has 0 aliphatic carbocycles. The van der Waals surface area contributed by atoms with E-state index in [0.29, 0.717) is 48.7 Å². The fourth-order valence-electron chi connectivity index (χ4n) is 4.57. The van der Waals surface area contributed by atoms with Crippen LogP contribution in [0, 0.1) is 12.8 Å². The lowest BCUT2D eigenvalue weighted by Gasteiger charge is -2.34. The summed E-state index contributed by atoms with van der Waals surface area (Å²) >= 11 is 0. The molecule has 0 radical (unpaired) electrons. The summed E-state index contributed by atoms with van der Waals surface area (Å²) in [7, 11) is -2.29. The Hall–Kier alpha value is -3.11. The maximum atomic E-state index is 13.6. The molecule has 2 atom stereocenters. The number of piperidine rings is 1.